The van der Waals surface area contributed by atoms with Crippen LogP contribution in [0.2, 0.25) is 0 Å². The van der Waals surface area contributed by atoms with Crippen LogP contribution < -0.4 is 10.1 Å². The number of carbonyl (C=O) groups excluding carboxylic acids is 1. The van der Waals surface area contributed by atoms with Gasteiger partial charge in [-0.2, -0.15) is 4.31 Å². The Kier molecular flexibility index (Phi) is 7.71. The van der Waals surface area contributed by atoms with Crippen LogP contribution in [0.3, 0.4) is 0 Å². The van der Waals surface area contributed by atoms with Crippen LogP contribution in [-0.4, -0.2) is 72.6 Å². The molecule has 0 aliphatic carbocycles. The molecular formula is C28H35F2N3O5S. The number of aliphatic hydroxyl groups is 1. The second-order valence-electron chi connectivity index (χ2n) is 11.2. The average molecular weight is 564 g/mol. The Labute approximate surface area is 228 Å². The van der Waals surface area contributed by atoms with Crippen molar-refractivity contribution in [2.24, 2.45) is 0 Å². The summed E-state index contributed by atoms with van der Waals surface area (Å²) >= 11 is 0. The van der Waals surface area contributed by atoms with E-state index >= 15 is 0 Å². The summed E-state index contributed by atoms with van der Waals surface area (Å²) in [4.78, 5) is 15.7. The summed E-state index contributed by atoms with van der Waals surface area (Å²) in [7, 11) is -4.11. The Bertz CT molecular complexity index is 1340. The molecule has 5 rings (SSSR count). The van der Waals surface area contributed by atoms with E-state index < -0.39 is 45.2 Å². The lowest BCUT2D eigenvalue weighted by Crippen LogP contribution is -2.59. The first kappa shape index (κ1) is 27.9. The van der Waals surface area contributed by atoms with Crippen molar-refractivity contribution in [3.05, 3.63) is 59.2 Å². The lowest BCUT2D eigenvalue weighted by molar-refractivity contribution is -0.127. The zero-order valence-corrected chi connectivity index (χ0v) is 23.0. The minimum absolute atomic E-state index is 0.00361. The summed E-state index contributed by atoms with van der Waals surface area (Å²) in [5.41, 5.74) is 0.967. The van der Waals surface area contributed by atoms with E-state index in [1.165, 1.54) is 12.1 Å². The average Bonchev–Trinajstić information content (AvgIpc) is 3.30. The summed E-state index contributed by atoms with van der Waals surface area (Å²) < 4.78 is 61.7. The number of benzene rings is 2. The van der Waals surface area contributed by atoms with Crippen LogP contribution in [0.1, 0.15) is 56.6 Å². The van der Waals surface area contributed by atoms with E-state index in [2.05, 4.69) is 10.2 Å². The number of fused-ring (bicyclic) bond motifs is 2. The fourth-order valence-electron chi connectivity index (χ4n) is 5.80. The van der Waals surface area contributed by atoms with Gasteiger partial charge in [0, 0.05) is 44.6 Å². The van der Waals surface area contributed by atoms with Crippen LogP contribution in [0.15, 0.2) is 41.3 Å². The SMILES string of the molecule is CC(C)c1ccc2c(c1)OCCC1(CCN(Cc3ccc(F)c(F)c3)CC1)NC(=O)[C@@H]1C[C@@H](O)CN1S2(=O)=O. The van der Waals surface area contributed by atoms with E-state index in [0.717, 1.165) is 15.9 Å². The van der Waals surface area contributed by atoms with Crippen molar-refractivity contribution in [3.63, 3.8) is 0 Å². The minimum Gasteiger partial charge on any atom is -0.492 e. The molecule has 3 aliphatic heterocycles. The minimum atomic E-state index is -4.11. The molecule has 39 heavy (non-hydrogen) atoms. The molecule has 0 bridgehead atoms. The third kappa shape index (κ3) is 5.68. The first-order valence-electron chi connectivity index (χ1n) is 13.4. The molecular weight excluding hydrogens is 528 g/mol. The Morgan fingerprint density at radius 3 is 2.54 bits per heavy atom. The molecule has 2 N–H and O–H groups in total. The Morgan fingerprint density at radius 2 is 1.85 bits per heavy atom. The van der Waals surface area contributed by atoms with E-state index in [-0.39, 0.29) is 36.1 Å². The van der Waals surface area contributed by atoms with Gasteiger partial charge in [0.1, 0.15) is 16.7 Å². The highest BCUT2D eigenvalue weighted by Gasteiger charge is 2.47. The van der Waals surface area contributed by atoms with Gasteiger partial charge >= 0.3 is 0 Å². The fourth-order valence-corrected chi connectivity index (χ4v) is 7.55. The van der Waals surface area contributed by atoms with Crippen LogP contribution >= 0.6 is 0 Å². The topological polar surface area (TPSA) is 99.2 Å². The van der Waals surface area contributed by atoms with E-state index in [1.54, 1.807) is 18.2 Å². The van der Waals surface area contributed by atoms with Crippen molar-refractivity contribution in [2.45, 2.75) is 74.6 Å². The molecule has 8 nitrogen and oxygen atoms in total. The number of aliphatic hydroxyl groups excluding tert-OH is 1. The van der Waals surface area contributed by atoms with Crippen molar-refractivity contribution in [2.75, 3.05) is 26.2 Å². The van der Waals surface area contributed by atoms with Crippen molar-refractivity contribution < 1.29 is 31.8 Å². The molecule has 3 heterocycles. The molecule has 0 aromatic heterocycles. The zero-order valence-electron chi connectivity index (χ0n) is 22.2. The molecule has 2 aromatic carbocycles. The molecule has 1 spiro atoms. The smallest absolute Gasteiger partial charge is 0.247 e. The standard InChI is InChI=1S/C28H35F2N3O5S/c1-18(2)20-4-6-26-25(14-20)38-12-9-28(31-27(35)24-15-21(34)17-33(24)39(26,36)37)7-10-32(11-8-28)16-19-3-5-22(29)23(30)13-19/h3-6,13-14,18,21,24,34H,7-12,15-17H2,1-2H3,(H,31,35)/t21-,24+/m1/s1. The summed E-state index contributed by atoms with van der Waals surface area (Å²) in [6.07, 6.45) is 0.688. The number of hydrogen-bond donors (Lipinski definition) is 2. The third-order valence-corrected chi connectivity index (χ3v) is 10.1. The predicted molar refractivity (Wildman–Crippen MR) is 141 cm³/mol. The third-order valence-electron chi connectivity index (χ3n) is 8.19. The molecule has 212 valence electrons. The van der Waals surface area contributed by atoms with Gasteiger partial charge in [-0.05, 0) is 54.2 Å². The van der Waals surface area contributed by atoms with Crippen molar-refractivity contribution in [1.82, 2.24) is 14.5 Å². The number of nitrogens with one attached hydrogen (secondary N) is 1. The molecule has 0 unspecified atom stereocenters. The quantitative estimate of drug-likeness (QED) is 0.596. The molecule has 0 saturated carbocycles. The van der Waals surface area contributed by atoms with Gasteiger partial charge in [0.25, 0.3) is 0 Å². The maximum absolute atomic E-state index is 13.7. The lowest BCUT2D eigenvalue weighted by Gasteiger charge is -2.43. The first-order chi connectivity index (χ1) is 18.5. The highest BCUT2D eigenvalue weighted by molar-refractivity contribution is 7.89. The number of carbonyl (C=O) groups is 1. The van der Waals surface area contributed by atoms with Crippen LogP contribution in [-0.2, 0) is 21.4 Å². The van der Waals surface area contributed by atoms with Gasteiger partial charge in [-0.25, -0.2) is 17.2 Å². The molecule has 2 saturated heterocycles. The number of likely N-dealkylation sites (tertiary alicyclic amines) is 1. The number of ether oxygens (including phenoxy) is 1. The van der Waals surface area contributed by atoms with E-state index in [4.69, 9.17) is 4.74 Å². The Hall–Kier alpha value is -2.60. The lowest BCUT2D eigenvalue weighted by atomic mass is 9.84. The van der Waals surface area contributed by atoms with Gasteiger partial charge in [0.15, 0.2) is 11.6 Å². The summed E-state index contributed by atoms with van der Waals surface area (Å²) in [6.45, 7) is 5.72. The highest BCUT2D eigenvalue weighted by Crippen LogP contribution is 2.36. The van der Waals surface area contributed by atoms with Gasteiger partial charge in [-0.15, -0.1) is 0 Å². The molecule has 11 heteroatoms. The van der Waals surface area contributed by atoms with Gasteiger partial charge in [-0.3, -0.25) is 9.69 Å². The van der Waals surface area contributed by atoms with E-state index in [1.807, 2.05) is 13.8 Å². The van der Waals surface area contributed by atoms with Crippen molar-refractivity contribution >= 4 is 15.9 Å². The molecule has 2 atom stereocenters. The van der Waals surface area contributed by atoms with Crippen molar-refractivity contribution in [1.29, 1.82) is 0 Å². The largest absolute Gasteiger partial charge is 0.492 e. The fraction of sp³-hybridized carbons (Fsp3) is 0.536. The number of sulfonamides is 1. The zero-order chi connectivity index (χ0) is 27.9. The van der Waals surface area contributed by atoms with Gasteiger partial charge < -0.3 is 15.2 Å². The number of halogens is 2. The number of amides is 1. The normalized spacial score (nSPS) is 25.4. The van der Waals surface area contributed by atoms with Crippen LogP contribution in [0.25, 0.3) is 0 Å². The second kappa shape index (κ2) is 10.8. The monoisotopic (exact) mass is 563 g/mol. The molecule has 2 fully saturated rings. The molecule has 3 aliphatic rings. The summed E-state index contributed by atoms with van der Waals surface area (Å²) in [6, 6.07) is 7.90. The first-order valence-corrected chi connectivity index (χ1v) is 14.9. The highest BCUT2D eigenvalue weighted by atomic mass is 32.2. The number of piperidine rings is 1. The molecule has 2 aromatic rings. The Morgan fingerprint density at radius 1 is 1.10 bits per heavy atom. The molecule has 1 amide bonds. The second-order valence-corrected chi connectivity index (χ2v) is 13.1. The van der Waals surface area contributed by atoms with Gasteiger partial charge in [-0.1, -0.05) is 26.0 Å². The van der Waals surface area contributed by atoms with E-state index in [0.29, 0.717) is 44.5 Å². The van der Waals surface area contributed by atoms with Crippen LogP contribution in [0.5, 0.6) is 5.75 Å². The summed E-state index contributed by atoms with van der Waals surface area (Å²) in [5.74, 6) is -1.78. The number of rotatable bonds is 3. The van der Waals surface area contributed by atoms with E-state index in [9.17, 15) is 27.1 Å². The van der Waals surface area contributed by atoms with Gasteiger partial charge in [0.05, 0.1) is 12.7 Å². The van der Waals surface area contributed by atoms with Gasteiger partial charge in [0.2, 0.25) is 15.9 Å². The van der Waals surface area contributed by atoms with Crippen molar-refractivity contribution in [3.8, 4) is 5.75 Å². The maximum Gasteiger partial charge on any atom is 0.247 e. The van der Waals surface area contributed by atoms with Crippen LogP contribution in [0.4, 0.5) is 8.78 Å². The summed E-state index contributed by atoms with van der Waals surface area (Å²) in [5, 5.41) is 13.5. The maximum atomic E-state index is 13.7. The number of nitrogens with zero attached hydrogens (tertiary/aromatic N) is 2. The number of hydrogen-bond acceptors (Lipinski definition) is 6. The predicted octanol–water partition coefficient (Wildman–Crippen LogP) is 3.15. The molecule has 0 radical (unpaired) electrons. The van der Waals surface area contributed by atoms with Crippen LogP contribution in [0, 0.1) is 11.6 Å². The Balaban J connectivity index is 1.41.